The Kier molecular flexibility index (Phi) is 2.01. The fourth-order valence-electron chi connectivity index (χ4n) is 1.79. The molecule has 1 aliphatic heterocycles. The Morgan fingerprint density at radius 1 is 1.31 bits per heavy atom. The van der Waals surface area contributed by atoms with Crippen molar-refractivity contribution < 1.29 is 14.6 Å². The van der Waals surface area contributed by atoms with Crippen LogP contribution in [0.5, 0.6) is 17.2 Å². The summed E-state index contributed by atoms with van der Waals surface area (Å²) in [6.07, 6.45) is 2.41. The Labute approximate surface area is 94.2 Å². The van der Waals surface area contributed by atoms with Crippen LogP contribution in [-0.2, 0) is 6.54 Å². The molecule has 0 saturated heterocycles. The van der Waals surface area contributed by atoms with Crippen LogP contribution in [0.25, 0.3) is 0 Å². The quantitative estimate of drug-likeness (QED) is 0.816. The topological polar surface area (TPSA) is 50.7 Å². The zero-order valence-electron chi connectivity index (χ0n) is 9.25. The average molecular weight is 221 g/mol. The molecule has 2 aliphatic rings. The summed E-state index contributed by atoms with van der Waals surface area (Å²) < 4.78 is 10.5. The number of hydrogen-bond donors (Lipinski definition) is 2. The Hall–Kier alpha value is -1.42. The van der Waals surface area contributed by atoms with Gasteiger partial charge in [-0.25, -0.2) is 0 Å². The van der Waals surface area contributed by atoms with Crippen LogP contribution in [0.1, 0.15) is 25.3 Å². The summed E-state index contributed by atoms with van der Waals surface area (Å²) >= 11 is 0. The second-order valence-electron chi connectivity index (χ2n) is 4.75. The molecule has 4 nitrogen and oxygen atoms in total. The maximum absolute atomic E-state index is 9.82. The maximum Gasteiger partial charge on any atom is 0.231 e. The lowest BCUT2D eigenvalue weighted by atomic mass is 10.1. The highest BCUT2D eigenvalue weighted by Crippen LogP contribution is 2.39. The Bertz CT molecular complexity index is 427. The van der Waals surface area contributed by atoms with Crippen LogP contribution < -0.4 is 14.8 Å². The van der Waals surface area contributed by atoms with E-state index in [2.05, 4.69) is 12.2 Å². The van der Waals surface area contributed by atoms with Gasteiger partial charge in [-0.3, -0.25) is 0 Å². The van der Waals surface area contributed by atoms with Crippen molar-refractivity contribution >= 4 is 0 Å². The van der Waals surface area contributed by atoms with Gasteiger partial charge in [-0.15, -0.1) is 0 Å². The van der Waals surface area contributed by atoms with E-state index < -0.39 is 0 Å². The second kappa shape index (κ2) is 3.28. The third-order valence-electron chi connectivity index (χ3n) is 3.28. The van der Waals surface area contributed by atoms with Gasteiger partial charge >= 0.3 is 0 Å². The van der Waals surface area contributed by atoms with Gasteiger partial charge < -0.3 is 19.9 Å². The number of nitrogens with one attached hydrogen (secondary N) is 1. The van der Waals surface area contributed by atoms with E-state index in [0.29, 0.717) is 12.3 Å². The number of fused-ring (bicyclic) bond motifs is 1. The molecule has 0 amide bonds. The highest BCUT2D eigenvalue weighted by Gasteiger charge is 2.36. The van der Waals surface area contributed by atoms with Gasteiger partial charge in [-0.05, 0) is 25.8 Å². The zero-order valence-corrected chi connectivity index (χ0v) is 9.25. The van der Waals surface area contributed by atoms with Gasteiger partial charge in [0.05, 0.1) is 0 Å². The Balaban J connectivity index is 1.78. The van der Waals surface area contributed by atoms with Crippen molar-refractivity contribution in [2.24, 2.45) is 0 Å². The number of aromatic hydroxyl groups is 1. The third-order valence-corrected chi connectivity index (χ3v) is 3.28. The molecule has 0 unspecified atom stereocenters. The molecule has 1 aromatic rings. The SMILES string of the molecule is CC1(NCc2cc3c(cc2O)OCO3)CC1. The van der Waals surface area contributed by atoms with E-state index in [1.165, 1.54) is 12.8 Å². The van der Waals surface area contributed by atoms with Gasteiger partial charge in [-0.1, -0.05) is 0 Å². The largest absolute Gasteiger partial charge is 0.507 e. The van der Waals surface area contributed by atoms with Crippen molar-refractivity contribution in [1.29, 1.82) is 0 Å². The molecular formula is C12H15NO3. The smallest absolute Gasteiger partial charge is 0.231 e. The molecule has 0 spiro atoms. The van der Waals surface area contributed by atoms with Crippen molar-refractivity contribution in [2.75, 3.05) is 6.79 Å². The van der Waals surface area contributed by atoms with E-state index in [4.69, 9.17) is 9.47 Å². The van der Waals surface area contributed by atoms with E-state index in [1.807, 2.05) is 6.07 Å². The van der Waals surface area contributed by atoms with E-state index >= 15 is 0 Å². The molecule has 1 aliphatic carbocycles. The van der Waals surface area contributed by atoms with Crippen molar-refractivity contribution in [3.8, 4) is 17.2 Å². The molecular weight excluding hydrogens is 206 g/mol. The molecule has 86 valence electrons. The van der Waals surface area contributed by atoms with Crippen LogP contribution in [-0.4, -0.2) is 17.4 Å². The number of rotatable bonds is 3. The van der Waals surface area contributed by atoms with E-state index in [0.717, 1.165) is 11.3 Å². The van der Waals surface area contributed by atoms with Crippen LogP contribution in [0, 0.1) is 0 Å². The van der Waals surface area contributed by atoms with Crippen LogP contribution in [0.15, 0.2) is 12.1 Å². The van der Waals surface area contributed by atoms with Crippen LogP contribution in [0.2, 0.25) is 0 Å². The maximum atomic E-state index is 9.82. The molecule has 2 N–H and O–H groups in total. The van der Waals surface area contributed by atoms with Crippen molar-refractivity contribution in [3.63, 3.8) is 0 Å². The standard InChI is InChI=1S/C12H15NO3/c1-12(2-3-12)13-6-8-4-10-11(5-9(8)14)16-7-15-10/h4-5,13-14H,2-3,6-7H2,1H3. The lowest BCUT2D eigenvalue weighted by Crippen LogP contribution is -2.26. The Morgan fingerprint density at radius 3 is 2.69 bits per heavy atom. The number of ether oxygens (including phenoxy) is 2. The first-order chi connectivity index (χ1) is 7.66. The first kappa shape index (κ1) is 9.78. The molecule has 16 heavy (non-hydrogen) atoms. The van der Waals surface area contributed by atoms with Gasteiger partial charge in [0.2, 0.25) is 6.79 Å². The van der Waals surface area contributed by atoms with Gasteiger partial charge in [0, 0.05) is 23.7 Å². The molecule has 3 rings (SSSR count). The number of phenolic OH excluding ortho intramolecular Hbond substituents is 1. The number of benzene rings is 1. The molecule has 0 atom stereocenters. The van der Waals surface area contributed by atoms with Crippen molar-refractivity contribution in [2.45, 2.75) is 31.8 Å². The summed E-state index contributed by atoms with van der Waals surface area (Å²) in [6, 6.07) is 3.46. The molecule has 4 heteroatoms. The van der Waals surface area contributed by atoms with E-state index in [9.17, 15) is 5.11 Å². The molecule has 0 bridgehead atoms. The fourth-order valence-corrected chi connectivity index (χ4v) is 1.79. The lowest BCUT2D eigenvalue weighted by Gasteiger charge is -2.12. The second-order valence-corrected chi connectivity index (χ2v) is 4.75. The zero-order chi connectivity index (χ0) is 11.2. The summed E-state index contributed by atoms with van der Waals surface area (Å²) in [5.74, 6) is 1.61. The summed E-state index contributed by atoms with van der Waals surface area (Å²) in [5.41, 5.74) is 1.13. The highest BCUT2D eigenvalue weighted by molar-refractivity contribution is 5.51. The fraction of sp³-hybridized carbons (Fsp3) is 0.500. The average Bonchev–Trinajstić information content (AvgIpc) is 2.82. The van der Waals surface area contributed by atoms with Crippen LogP contribution >= 0.6 is 0 Å². The Morgan fingerprint density at radius 2 is 2.00 bits per heavy atom. The number of hydrogen-bond acceptors (Lipinski definition) is 4. The minimum Gasteiger partial charge on any atom is -0.507 e. The summed E-state index contributed by atoms with van der Waals surface area (Å²) in [7, 11) is 0. The minimum atomic E-state index is 0.239. The van der Waals surface area contributed by atoms with Gasteiger partial charge in [0.15, 0.2) is 11.5 Å². The van der Waals surface area contributed by atoms with Gasteiger partial charge in [0.1, 0.15) is 5.75 Å². The molecule has 1 heterocycles. The lowest BCUT2D eigenvalue weighted by molar-refractivity contribution is 0.174. The van der Waals surface area contributed by atoms with Crippen molar-refractivity contribution in [1.82, 2.24) is 5.32 Å². The monoisotopic (exact) mass is 221 g/mol. The highest BCUT2D eigenvalue weighted by atomic mass is 16.7. The molecule has 1 aromatic carbocycles. The predicted octanol–water partition coefficient (Wildman–Crippen LogP) is 1.76. The van der Waals surface area contributed by atoms with E-state index in [-0.39, 0.29) is 18.1 Å². The van der Waals surface area contributed by atoms with Crippen LogP contribution in [0.4, 0.5) is 0 Å². The van der Waals surface area contributed by atoms with Crippen LogP contribution in [0.3, 0.4) is 0 Å². The normalized spacial score (nSPS) is 19.8. The summed E-state index contributed by atoms with van der Waals surface area (Å²) in [5, 5.41) is 13.2. The van der Waals surface area contributed by atoms with Crippen molar-refractivity contribution in [3.05, 3.63) is 17.7 Å². The van der Waals surface area contributed by atoms with E-state index in [1.54, 1.807) is 6.07 Å². The van der Waals surface area contributed by atoms with Gasteiger partial charge in [-0.2, -0.15) is 0 Å². The first-order valence-electron chi connectivity index (χ1n) is 5.53. The molecule has 0 aromatic heterocycles. The number of phenols is 1. The summed E-state index contributed by atoms with van der Waals surface area (Å²) in [6.45, 7) is 3.10. The molecule has 0 radical (unpaired) electrons. The first-order valence-corrected chi connectivity index (χ1v) is 5.53. The minimum absolute atomic E-state index is 0.239. The molecule has 1 fully saturated rings. The summed E-state index contributed by atoms with van der Waals surface area (Å²) in [4.78, 5) is 0. The third kappa shape index (κ3) is 1.69. The predicted molar refractivity (Wildman–Crippen MR) is 58.7 cm³/mol. The molecule has 1 saturated carbocycles. The van der Waals surface area contributed by atoms with Gasteiger partial charge in [0.25, 0.3) is 0 Å².